The number of aliphatic hydroxyl groups excluding tert-OH is 1. The van der Waals surface area contributed by atoms with E-state index in [0.717, 1.165) is 11.3 Å². The molecule has 7 heteroatoms. The van der Waals surface area contributed by atoms with Crippen molar-refractivity contribution in [3.63, 3.8) is 0 Å². The van der Waals surface area contributed by atoms with Crippen LogP contribution in [0.1, 0.15) is 40.6 Å². The Bertz CT molecular complexity index is 697. The Hall–Kier alpha value is -2.54. The maximum absolute atomic E-state index is 12.5. The molecule has 2 heterocycles. The number of amides is 1. The number of carbonyl (C=O) groups excluding carboxylic acids is 1. The van der Waals surface area contributed by atoms with Gasteiger partial charge >= 0.3 is 0 Å². The molecule has 1 saturated carbocycles. The Kier molecular flexibility index (Phi) is 4.71. The third kappa shape index (κ3) is 3.51. The van der Waals surface area contributed by atoms with Gasteiger partial charge < -0.3 is 15.2 Å². The van der Waals surface area contributed by atoms with Gasteiger partial charge in [-0.15, -0.1) is 0 Å². The van der Waals surface area contributed by atoms with Gasteiger partial charge in [-0.1, -0.05) is 6.07 Å². The molecule has 0 saturated heterocycles. The number of aromatic nitrogens is 3. The van der Waals surface area contributed by atoms with Crippen LogP contribution in [0, 0.1) is 12.8 Å². The largest absolute Gasteiger partial charge is 0.481 e. The quantitative estimate of drug-likeness (QED) is 0.862. The number of pyridine rings is 1. The molecule has 1 amide bonds. The van der Waals surface area contributed by atoms with Crippen molar-refractivity contribution in [1.82, 2.24) is 20.3 Å². The number of hydrogen-bond donors (Lipinski definition) is 2. The number of nitrogens with one attached hydrogen (secondary N) is 1. The summed E-state index contributed by atoms with van der Waals surface area (Å²) in [4.78, 5) is 24.9. The second-order valence-electron chi connectivity index (χ2n) is 6.01. The van der Waals surface area contributed by atoms with Crippen LogP contribution >= 0.6 is 0 Å². The summed E-state index contributed by atoms with van der Waals surface area (Å²) < 4.78 is 5.07. The van der Waals surface area contributed by atoms with Crippen molar-refractivity contribution in [2.24, 2.45) is 5.92 Å². The number of carbonyl (C=O) groups is 1. The molecule has 1 unspecified atom stereocenters. The van der Waals surface area contributed by atoms with Crippen LogP contribution in [0.15, 0.2) is 30.7 Å². The van der Waals surface area contributed by atoms with Crippen molar-refractivity contribution in [1.29, 1.82) is 0 Å². The molecule has 7 nitrogen and oxygen atoms in total. The first-order chi connectivity index (χ1) is 11.6. The lowest BCUT2D eigenvalue weighted by atomic mass is 9.75. The van der Waals surface area contributed by atoms with Gasteiger partial charge in [0.1, 0.15) is 5.69 Å². The molecular weight excluding hydrogens is 308 g/mol. The summed E-state index contributed by atoms with van der Waals surface area (Å²) in [6.07, 6.45) is 5.71. The average Bonchev–Trinajstić information content (AvgIpc) is 2.58. The minimum atomic E-state index is -0.306. The van der Waals surface area contributed by atoms with Crippen molar-refractivity contribution in [2.75, 3.05) is 7.11 Å². The average molecular weight is 328 g/mol. The van der Waals surface area contributed by atoms with Gasteiger partial charge in [0.05, 0.1) is 31.1 Å². The topological polar surface area (TPSA) is 97.2 Å². The fourth-order valence-electron chi connectivity index (χ4n) is 2.80. The highest BCUT2D eigenvalue weighted by Crippen LogP contribution is 2.38. The predicted octanol–water partition coefficient (Wildman–Crippen LogP) is 1.43. The van der Waals surface area contributed by atoms with E-state index in [1.54, 1.807) is 25.6 Å². The standard InChI is InChI=1S/C17H20N4O3/c1-10-7-19-14(9-18-10)17(23)21-16(12-5-13(22)6-12)11-3-4-15(24-2)20-8-11/h3-4,7-9,12-13,16,22H,5-6H2,1-2H3,(H,21,23). The minimum Gasteiger partial charge on any atom is -0.481 e. The van der Waals surface area contributed by atoms with E-state index in [2.05, 4.69) is 20.3 Å². The summed E-state index contributed by atoms with van der Waals surface area (Å²) in [5.74, 6) is 0.393. The van der Waals surface area contributed by atoms with E-state index in [-0.39, 0.29) is 29.7 Å². The Morgan fingerprint density at radius 3 is 2.58 bits per heavy atom. The molecule has 0 bridgehead atoms. The molecule has 1 aliphatic carbocycles. The molecule has 2 aromatic heterocycles. The molecule has 1 fully saturated rings. The number of rotatable bonds is 5. The lowest BCUT2D eigenvalue weighted by Gasteiger charge is -2.38. The normalized spacial score (nSPS) is 20.8. The molecular formula is C17H20N4O3. The number of aryl methyl sites for hydroxylation is 1. The van der Waals surface area contributed by atoms with Gasteiger partial charge in [0, 0.05) is 18.5 Å². The van der Waals surface area contributed by atoms with Gasteiger partial charge in [0.15, 0.2) is 0 Å². The fraction of sp³-hybridized carbons (Fsp3) is 0.412. The first-order valence-corrected chi connectivity index (χ1v) is 7.84. The van der Waals surface area contributed by atoms with E-state index in [0.29, 0.717) is 18.7 Å². The van der Waals surface area contributed by atoms with Gasteiger partial charge in [0.2, 0.25) is 5.88 Å². The lowest BCUT2D eigenvalue weighted by Crippen LogP contribution is -2.41. The molecule has 24 heavy (non-hydrogen) atoms. The maximum atomic E-state index is 12.5. The van der Waals surface area contributed by atoms with E-state index in [1.807, 2.05) is 13.0 Å². The number of nitrogens with zero attached hydrogens (tertiary/aromatic N) is 3. The second-order valence-corrected chi connectivity index (χ2v) is 6.01. The zero-order valence-corrected chi connectivity index (χ0v) is 13.6. The molecule has 126 valence electrons. The van der Waals surface area contributed by atoms with Gasteiger partial charge in [0.25, 0.3) is 5.91 Å². The van der Waals surface area contributed by atoms with Gasteiger partial charge in [-0.05, 0) is 31.2 Å². The highest BCUT2D eigenvalue weighted by Gasteiger charge is 2.36. The first kappa shape index (κ1) is 16.3. The number of hydrogen-bond acceptors (Lipinski definition) is 6. The molecule has 3 rings (SSSR count). The molecule has 0 aliphatic heterocycles. The number of methoxy groups -OCH3 is 1. The third-order valence-corrected chi connectivity index (χ3v) is 4.25. The van der Waals surface area contributed by atoms with Crippen molar-refractivity contribution >= 4 is 5.91 Å². The number of ether oxygens (including phenoxy) is 1. The summed E-state index contributed by atoms with van der Waals surface area (Å²) in [5.41, 5.74) is 1.90. The summed E-state index contributed by atoms with van der Waals surface area (Å²) in [7, 11) is 1.56. The summed E-state index contributed by atoms with van der Waals surface area (Å²) in [6, 6.07) is 3.40. The predicted molar refractivity (Wildman–Crippen MR) is 86.5 cm³/mol. The molecule has 1 atom stereocenters. The summed E-state index contributed by atoms with van der Waals surface area (Å²) in [5, 5.41) is 12.6. The van der Waals surface area contributed by atoms with Crippen molar-refractivity contribution < 1.29 is 14.6 Å². The van der Waals surface area contributed by atoms with E-state index >= 15 is 0 Å². The lowest BCUT2D eigenvalue weighted by molar-refractivity contribution is 0.0234. The van der Waals surface area contributed by atoms with E-state index in [9.17, 15) is 9.90 Å². The Labute approximate surface area is 140 Å². The maximum Gasteiger partial charge on any atom is 0.271 e. The van der Waals surface area contributed by atoms with E-state index < -0.39 is 0 Å². The van der Waals surface area contributed by atoms with E-state index in [4.69, 9.17) is 4.74 Å². The molecule has 0 aromatic carbocycles. The van der Waals surface area contributed by atoms with Crippen LogP contribution in [-0.4, -0.2) is 39.2 Å². The van der Waals surface area contributed by atoms with Crippen LogP contribution in [0.2, 0.25) is 0 Å². The molecule has 2 aromatic rings. The minimum absolute atomic E-state index is 0.164. The third-order valence-electron chi connectivity index (χ3n) is 4.25. The van der Waals surface area contributed by atoms with E-state index in [1.165, 1.54) is 6.20 Å². The van der Waals surface area contributed by atoms with Crippen LogP contribution in [0.4, 0.5) is 0 Å². The van der Waals surface area contributed by atoms with Crippen molar-refractivity contribution in [3.8, 4) is 5.88 Å². The van der Waals surface area contributed by atoms with Gasteiger partial charge in [-0.3, -0.25) is 9.78 Å². The molecule has 0 radical (unpaired) electrons. The van der Waals surface area contributed by atoms with Crippen LogP contribution in [0.5, 0.6) is 5.88 Å². The van der Waals surface area contributed by atoms with Crippen molar-refractivity contribution in [3.05, 3.63) is 47.7 Å². The fourth-order valence-corrected chi connectivity index (χ4v) is 2.80. The zero-order valence-electron chi connectivity index (χ0n) is 13.6. The highest BCUT2D eigenvalue weighted by atomic mass is 16.5. The Morgan fingerprint density at radius 2 is 2.04 bits per heavy atom. The monoisotopic (exact) mass is 328 g/mol. The second kappa shape index (κ2) is 6.92. The van der Waals surface area contributed by atoms with Crippen molar-refractivity contribution in [2.45, 2.75) is 31.9 Å². The van der Waals surface area contributed by atoms with Crippen LogP contribution in [-0.2, 0) is 0 Å². The molecule has 2 N–H and O–H groups in total. The number of aliphatic hydroxyl groups is 1. The van der Waals surface area contributed by atoms with Gasteiger partial charge in [-0.25, -0.2) is 9.97 Å². The zero-order chi connectivity index (χ0) is 17.1. The Balaban J connectivity index is 1.79. The van der Waals surface area contributed by atoms with Crippen LogP contribution in [0.25, 0.3) is 0 Å². The highest BCUT2D eigenvalue weighted by molar-refractivity contribution is 5.92. The SMILES string of the molecule is COc1ccc(C(NC(=O)c2cnc(C)cn2)C2CC(O)C2)cn1. The summed E-state index contributed by atoms with van der Waals surface area (Å²) >= 11 is 0. The molecule has 0 spiro atoms. The summed E-state index contributed by atoms with van der Waals surface area (Å²) in [6.45, 7) is 1.82. The Morgan fingerprint density at radius 1 is 1.25 bits per heavy atom. The smallest absolute Gasteiger partial charge is 0.271 e. The van der Waals surface area contributed by atoms with Gasteiger partial charge in [-0.2, -0.15) is 0 Å². The first-order valence-electron chi connectivity index (χ1n) is 7.84. The molecule has 1 aliphatic rings. The van der Waals surface area contributed by atoms with Crippen LogP contribution < -0.4 is 10.1 Å². The van der Waals surface area contributed by atoms with Crippen LogP contribution in [0.3, 0.4) is 0 Å².